The van der Waals surface area contributed by atoms with Crippen molar-refractivity contribution in [1.82, 2.24) is 24.7 Å². The van der Waals surface area contributed by atoms with Crippen molar-refractivity contribution in [3.8, 4) is 6.07 Å². The van der Waals surface area contributed by atoms with E-state index in [4.69, 9.17) is 5.26 Å². The van der Waals surface area contributed by atoms with Crippen molar-refractivity contribution in [3.05, 3.63) is 23.9 Å². The van der Waals surface area contributed by atoms with Crippen molar-refractivity contribution in [2.45, 2.75) is 47.8 Å². The third-order valence-corrected chi connectivity index (χ3v) is 4.46. The van der Waals surface area contributed by atoms with E-state index in [0.29, 0.717) is 22.7 Å². The zero-order valence-corrected chi connectivity index (χ0v) is 11.5. The molecule has 2 aliphatic rings. The lowest BCUT2D eigenvalue weighted by Crippen LogP contribution is -2.02. The second-order valence-corrected chi connectivity index (χ2v) is 6.10. The average molecular weight is 284 g/mol. The zero-order valence-electron chi connectivity index (χ0n) is 10.7. The summed E-state index contributed by atoms with van der Waals surface area (Å²) in [7, 11) is 0. The van der Waals surface area contributed by atoms with Gasteiger partial charge in [0.1, 0.15) is 16.9 Å². The van der Waals surface area contributed by atoms with Gasteiger partial charge in [0.25, 0.3) is 0 Å². The summed E-state index contributed by atoms with van der Waals surface area (Å²) in [5.41, 5.74) is 0.343. The third kappa shape index (κ3) is 2.06. The summed E-state index contributed by atoms with van der Waals surface area (Å²) in [6.45, 7) is 0. The lowest BCUT2D eigenvalue weighted by atomic mass is 10.4. The molecule has 2 fully saturated rings. The Bertz CT molecular complexity index is 695. The van der Waals surface area contributed by atoms with E-state index in [1.807, 2.05) is 0 Å². The van der Waals surface area contributed by atoms with E-state index < -0.39 is 0 Å². The second-order valence-electron chi connectivity index (χ2n) is 5.14. The summed E-state index contributed by atoms with van der Waals surface area (Å²) in [5, 5.41) is 19.2. The van der Waals surface area contributed by atoms with Crippen LogP contribution >= 0.6 is 11.8 Å². The van der Waals surface area contributed by atoms with Gasteiger partial charge in [-0.15, -0.1) is 10.2 Å². The van der Waals surface area contributed by atoms with Gasteiger partial charge in [0, 0.05) is 24.4 Å². The number of rotatable bonds is 4. The molecule has 0 aliphatic heterocycles. The Kier molecular flexibility index (Phi) is 2.70. The first kappa shape index (κ1) is 11.9. The molecule has 7 heteroatoms. The van der Waals surface area contributed by atoms with Crippen LogP contribution in [-0.2, 0) is 0 Å². The highest BCUT2D eigenvalue weighted by Crippen LogP contribution is 2.46. The molecule has 0 amide bonds. The van der Waals surface area contributed by atoms with E-state index in [1.54, 1.807) is 6.20 Å². The highest BCUT2D eigenvalue weighted by atomic mass is 32.2. The molecule has 0 atom stereocenters. The number of aromatic nitrogens is 5. The van der Waals surface area contributed by atoms with Crippen molar-refractivity contribution in [3.63, 3.8) is 0 Å². The Hall–Kier alpha value is -1.94. The number of hydrogen-bond acceptors (Lipinski definition) is 6. The van der Waals surface area contributed by atoms with Gasteiger partial charge >= 0.3 is 0 Å². The van der Waals surface area contributed by atoms with Crippen LogP contribution < -0.4 is 0 Å². The monoisotopic (exact) mass is 284 g/mol. The maximum absolute atomic E-state index is 9.08. The van der Waals surface area contributed by atoms with Gasteiger partial charge in [-0.05, 0) is 37.4 Å². The van der Waals surface area contributed by atoms with Crippen LogP contribution in [-0.4, -0.2) is 24.7 Å². The molecule has 2 heterocycles. The lowest BCUT2D eigenvalue weighted by Gasteiger charge is -2.07. The molecule has 2 saturated carbocycles. The smallest absolute Gasteiger partial charge is 0.197 e. The number of hydrogen-bond donors (Lipinski definition) is 0. The van der Waals surface area contributed by atoms with E-state index in [1.165, 1.54) is 43.6 Å². The van der Waals surface area contributed by atoms with Gasteiger partial charge in [-0.25, -0.2) is 9.97 Å². The summed E-state index contributed by atoms with van der Waals surface area (Å²) in [5.74, 6) is 1.69. The normalized spacial score (nSPS) is 17.9. The zero-order chi connectivity index (χ0) is 13.5. The Balaban J connectivity index is 1.70. The van der Waals surface area contributed by atoms with E-state index in [-0.39, 0.29) is 0 Å². The quantitative estimate of drug-likeness (QED) is 0.857. The molecule has 2 aliphatic carbocycles. The predicted molar refractivity (Wildman–Crippen MR) is 71.1 cm³/mol. The van der Waals surface area contributed by atoms with Crippen LogP contribution in [0.25, 0.3) is 0 Å². The molecule has 0 bridgehead atoms. The van der Waals surface area contributed by atoms with Gasteiger partial charge in [-0.3, -0.25) is 0 Å². The van der Waals surface area contributed by atoms with Gasteiger partial charge in [0.15, 0.2) is 10.9 Å². The van der Waals surface area contributed by atoms with Gasteiger partial charge in [-0.2, -0.15) is 5.26 Å². The Morgan fingerprint density at radius 1 is 1.15 bits per heavy atom. The predicted octanol–water partition coefficient (Wildman–Crippen LogP) is 2.30. The van der Waals surface area contributed by atoms with E-state index in [0.717, 1.165) is 11.0 Å². The first-order valence-corrected chi connectivity index (χ1v) is 7.52. The summed E-state index contributed by atoms with van der Waals surface area (Å²) in [6.07, 6.45) is 7.94. The molecule has 0 spiro atoms. The molecule has 0 aromatic carbocycles. The standard InChI is InChI=1S/C13H12N6S/c14-7-10-12(16-6-5-15-10)20-13-18-17-11(8-1-2-8)19(13)9-3-4-9/h5-6,8-9H,1-4H2. The molecular weight excluding hydrogens is 272 g/mol. The van der Waals surface area contributed by atoms with Crippen molar-refractivity contribution >= 4 is 11.8 Å². The highest BCUT2D eigenvalue weighted by Gasteiger charge is 2.36. The summed E-state index contributed by atoms with van der Waals surface area (Å²) in [4.78, 5) is 8.27. The molecule has 0 unspecified atom stereocenters. The maximum atomic E-state index is 9.08. The van der Waals surface area contributed by atoms with E-state index in [2.05, 4.69) is 30.8 Å². The topological polar surface area (TPSA) is 80.3 Å². The van der Waals surface area contributed by atoms with Crippen LogP contribution in [0.1, 0.15) is 49.2 Å². The molecular formula is C13H12N6S. The summed E-state index contributed by atoms with van der Waals surface area (Å²) >= 11 is 1.39. The maximum Gasteiger partial charge on any atom is 0.197 e. The van der Waals surface area contributed by atoms with Gasteiger partial charge in [0.2, 0.25) is 0 Å². The fraction of sp³-hybridized carbons (Fsp3) is 0.462. The van der Waals surface area contributed by atoms with Crippen LogP contribution in [0.2, 0.25) is 0 Å². The molecule has 0 radical (unpaired) electrons. The Morgan fingerprint density at radius 2 is 1.95 bits per heavy atom. The summed E-state index contributed by atoms with van der Waals surface area (Å²) in [6, 6.07) is 2.60. The number of nitrogens with zero attached hydrogens (tertiary/aromatic N) is 6. The Morgan fingerprint density at radius 3 is 2.65 bits per heavy atom. The van der Waals surface area contributed by atoms with Crippen LogP contribution in [0.5, 0.6) is 0 Å². The fourth-order valence-corrected chi connectivity index (χ4v) is 3.12. The van der Waals surface area contributed by atoms with Gasteiger partial charge in [0.05, 0.1) is 0 Å². The van der Waals surface area contributed by atoms with Crippen molar-refractivity contribution in [1.29, 1.82) is 5.26 Å². The molecule has 0 saturated heterocycles. The molecule has 4 rings (SSSR count). The first-order chi connectivity index (χ1) is 9.86. The minimum Gasteiger partial charge on any atom is -0.302 e. The van der Waals surface area contributed by atoms with Crippen LogP contribution in [0.3, 0.4) is 0 Å². The van der Waals surface area contributed by atoms with Gasteiger partial charge in [-0.1, -0.05) is 0 Å². The number of nitriles is 1. The first-order valence-electron chi connectivity index (χ1n) is 6.70. The molecule has 2 aromatic heterocycles. The Labute approximate surface area is 120 Å². The van der Waals surface area contributed by atoms with Crippen LogP contribution in [0.4, 0.5) is 0 Å². The minimum atomic E-state index is 0.343. The summed E-state index contributed by atoms with van der Waals surface area (Å²) < 4.78 is 2.25. The third-order valence-electron chi connectivity index (χ3n) is 3.50. The van der Waals surface area contributed by atoms with Gasteiger partial charge < -0.3 is 4.57 Å². The fourth-order valence-electron chi connectivity index (χ4n) is 2.22. The lowest BCUT2D eigenvalue weighted by molar-refractivity contribution is 0.626. The minimum absolute atomic E-state index is 0.343. The van der Waals surface area contributed by atoms with Crippen LogP contribution in [0, 0.1) is 11.3 Å². The molecule has 20 heavy (non-hydrogen) atoms. The van der Waals surface area contributed by atoms with Crippen LogP contribution in [0.15, 0.2) is 22.6 Å². The highest BCUT2D eigenvalue weighted by molar-refractivity contribution is 7.99. The SMILES string of the molecule is N#Cc1nccnc1Sc1nnc(C2CC2)n1C1CC1. The largest absolute Gasteiger partial charge is 0.302 e. The molecule has 0 N–H and O–H groups in total. The molecule has 6 nitrogen and oxygen atoms in total. The van der Waals surface area contributed by atoms with E-state index >= 15 is 0 Å². The van der Waals surface area contributed by atoms with E-state index in [9.17, 15) is 0 Å². The molecule has 2 aromatic rings. The van der Waals surface area contributed by atoms with Crippen molar-refractivity contribution in [2.75, 3.05) is 0 Å². The molecule has 100 valence electrons. The second kappa shape index (κ2) is 4.56. The average Bonchev–Trinajstić information content (AvgIpc) is 3.39. The van der Waals surface area contributed by atoms with Crippen molar-refractivity contribution in [2.24, 2.45) is 0 Å². The van der Waals surface area contributed by atoms with Crippen molar-refractivity contribution < 1.29 is 0 Å².